The van der Waals surface area contributed by atoms with Crippen LogP contribution in [0, 0.1) is 10.1 Å². The van der Waals surface area contributed by atoms with Gasteiger partial charge in [-0.1, -0.05) is 10.1 Å². The SMILES string of the molecule is O=C(O)C1=NN(c2ccc(S(=O)(=O)O)cc2)C(=O)C1/N=N/c1ccc2c(O)c(/N=N/c3cc(OCCO)c(/N=N/c4ccc(Nc5ccc(SOOO)cc5[N+](=O)[O-])cc4S(=O)(=O)O)cc3OCCO)c(SOOO)cc2c1. The number of nitrogens with zero attached hydrogens (tertiary/aromatic N) is 9. The minimum absolute atomic E-state index is 0.0100. The van der Waals surface area contributed by atoms with Crippen molar-refractivity contribution in [3.05, 3.63) is 107 Å². The van der Waals surface area contributed by atoms with E-state index in [1.165, 1.54) is 54.6 Å². The number of carboxylic acids is 1. The van der Waals surface area contributed by atoms with E-state index >= 15 is 0 Å². The molecule has 1 heterocycles. The average Bonchev–Trinajstić information content (AvgIpc) is 3.85. The summed E-state index contributed by atoms with van der Waals surface area (Å²) < 4.78 is 88.0. The first-order valence-corrected chi connectivity index (χ1v) is 25.5. The Morgan fingerprint density at radius 3 is 2.01 bits per heavy atom. The van der Waals surface area contributed by atoms with Crippen LogP contribution >= 0.6 is 24.1 Å². The van der Waals surface area contributed by atoms with Crippen molar-refractivity contribution in [2.24, 2.45) is 35.8 Å². The van der Waals surface area contributed by atoms with Gasteiger partial charge in [-0.15, -0.1) is 29.1 Å². The molecule has 36 heteroatoms. The number of hydrazone groups is 1. The lowest BCUT2D eigenvalue weighted by molar-refractivity contribution is -0.432. The predicted molar refractivity (Wildman–Crippen MR) is 267 cm³/mol. The standard InChI is InChI=1S/C42H34N10O22S4/c53-11-13-69-33-20-31(34(70-14-12-54)19-30(33)46-45-29-9-2-22(17-36(29)78(66,67)68)43-28-10-5-25(75-73-71-61)18-32(28)52(59)60)47-48-37-35(76-74-72-62)16-21-15-23(1-8-27(21)40(37)55)44-49-38-39(42(57)58)50-51(41(38)56)24-3-6-26(7-4-24)77(63,64)65/h1-10,15-20,38,43,53-55,61-62H,11-14H2,(H,57,58)(H,63,64,65)(H,66,67,68)/b46-45+,48-47+,49-44+. The fourth-order valence-corrected chi connectivity index (χ4v) is 8.77. The van der Waals surface area contributed by atoms with Gasteiger partial charge in [-0.2, -0.15) is 37.2 Å². The van der Waals surface area contributed by atoms with E-state index in [-0.39, 0.29) is 85.1 Å². The number of hydrogen-bond acceptors (Lipinski definition) is 29. The Kier molecular flexibility index (Phi) is 18.6. The summed E-state index contributed by atoms with van der Waals surface area (Å²) in [5, 5.41) is 109. The third kappa shape index (κ3) is 13.8. The molecule has 7 rings (SSSR count). The Morgan fingerprint density at radius 2 is 1.41 bits per heavy atom. The molecule has 408 valence electrons. The molecule has 0 saturated heterocycles. The van der Waals surface area contributed by atoms with Crippen LogP contribution in [-0.4, -0.2) is 112 Å². The van der Waals surface area contributed by atoms with Crippen molar-refractivity contribution in [3.63, 3.8) is 0 Å². The molecule has 0 spiro atoms. The summed E-state index contributed by atoms with van der Waals surface area (Å²) in [6.07, 6.45) is 0. The van der Waals surface area contributed by atoms with Crippen molar-refractivity contribution < 1.29 is 99.6 Å². The molecule has 0 fully saturated rings. The number of rotatable bonds is 25. The van der Waals surface area contributed by atoms with E-state index in [2.05, 4.69) is 59.8 Å². The van der Waals surface area contributed by atoms with E-state index in [0.717, 1.165) is 42.5 Å². The van der Waals surface area contributed by atoms with E-state index in [0.29, 0.717) is 29.1 Å². The van der Waals surface area contributed by atoms with Crippen LogP contribution in [0.1, 0.15) is 0 Å². The number of aliphatic hydroxyl groups is 2. The molecule has 0 bridgehead atoms. The molecule has 0 radical (unpaired) electrons. The number of benzene rings is 6. The third-order valence-corrected chi connectivity index (χ3v) is 13.0. The van der Waals surface area contributed by atoms with Gasteiger partial charge in [0.25, 0.3) is 31.8 Å². The van der Waals surface area contributed by atoms with Crippen LogP contribution < -0.4 is 19.8 Å². The Balaban J connectivity index is 1.20. The smallest absolute Gasteiger partial charge is 0.355 e. The summed E-state index contributed by atoms with van der Waals surface area (Å²) in [6, 6.07) is 17.0. The number of phenols is 1. The van der Waals surface area contributed by atoms with Gasteiger partial charge >= 0.3 is 5.97 Å². The van der Waals surface area contributed by atoms with Crippen LogP contribution in [0.15, 0.2) is 152 Å². The maximum absolute atomic E-state index is 13.3. The number of aliphatic carboxylic acids is 1. The first kappa shape index (κ1) is 57.5. The normalized spacial score (nSPS) is 14.0. The second-order valence-corrected chi connectivity index (χ2v) is 19.3. The van der Waals surface area contributed by atoms with Crippen molar-refractivity contribution in [1.82, 2.24) is 0 Å². The third-order valence-electron chi connectivity index (χ3n) is 10.1. The fraction of sp³-hybridized carbons (Fsp3) is 0.119. The highest BCUT2D eigenvalue weighted by Crippen LogP contribution is 2.47. The molecule has 1 amide bonds. The van der Waals surface area contributed by atoms with Crippen molar-refractivity contribution in [1.29, 1.82) is 0 Å². The van der Waals surface area contributed by atoms with Gasteiger partial charge in [0.15, 0.2) is 11.5 Å². The van der Waals surface area contributed by atoms with E-state index in [1.54, 1.807) is 0 Å². The number of nitro benzene ring substituents is 1. The van der Waals surface area contributed by atoms with Crippen LogP contribution in [-0.2, 0) is 48.6 Å². The highest BCUT2D eigenvalue weighted by atomic mass is 32.2. The Morgan fingerprint density at radius 1 is 0.769 bits per heavy atom. The number of aliphatic hydroxyl groups excluding tert-OH is 2. The maximum Gasteiger partial charge on any atom is 0.355 e. The summed E-state index contributed by atoms with van der Waals surface area (Å²) in [7, 11) is -9.67. The van der Waals surface area contributed by atoms with Crippen LogP contribution in [0.2, 0.25) is 0 Å². The molecular formula is C42H34N10O22S4. The lowest BCUT2D eigenvalue weighted by Crippen LogP contribution is -2.33. The number of anilines is 3. The summed E-state index contributed by atoms with van der Waals surface area (Å²) in [4.78, 5) is 35.2. The molecule has 1 unspecified atom stereocenters. The molecule has 1 atom stereocenters. The number of nitrogens with one attached hydrogen (secondary N) is 1. The molecular weight excluding hydrogens is 1120 g/mol. The monoisotopic (exact) mass is 1160 g/mol. The van der Waals surface area contributed by atoms with Crippen LogP contribution in [0.25, 0.3) is 10.8 Å². The van der Waals surface area contributed by atoms with Crippen LogP contribution in [0.3, 0.4) is 0 Å². The Bertz CT molecular complexity index is 3650. The number of hydrogen-bond donors (Lipinski definition) is 9. The lowest BCUT2D eigenvalue weighted by Gasteiger charge is -2.13. The molecule has 0 saturated carbocycles. The van der Waals surface area contributed by atoms with Gasteiger partial charge < -0.3 is 35.2 Å². The molecule has 1 aliphatic rings. The first-order chi connectivity index (χ1) is 37.2. The number of fused-ring (bicyclic) bond motifs is 1. The summed E-state index contributed by atoms with van der Waals surface area (Å²) in [5.41, 5.74) is -2.64. The zero-order valence-corrected chi connectivity index (χ0v) is 41.9. The van der Waals surface area contributed by atoms with Gasteiger partial charge in [0, 0.05) is 34.2 Å². The highest BCUT2D eigenvalue weighted by Gasteiger charge is 2.41. The molecule has 32 nitrogen and oxygen atoms in total. The molecule has 6 aromatic rings. The molecule has 0 aliphatic carbocycles. The van der Waals surface area contributed by atoms with Gasteiger partial charge in [0.05, 0.1) is 63.4 Å². The molecule has 1 aliphatic heterocycles. The number of phenolic OH excluding ortho intramolecular Hbond substituents is 1. The van der Waals surface area contributed by atoms with Crippen molar-refractivity contribution in [3.8, 4) is 17.2 Å². The van der Waals surface area contributed by atoms with Gasteiger partial charge in [-0.05, 0) is 84.2 Å². The van der Waals surface area contributed by atoms with Gasteiger partial charge in [-0.25, -0.2) is 15.3 Å². The number of carbonyl (C=O) groups excluding carboxylic acids is 1. The zero-order valence-electron chi connectivity index (χ0n) is 38.6. The number of nitro groups is 1. The second-order valence-electron chi connectivity index (χ2n) is 15.0. The summed E-state index contributed by atoms with van der Waals surface area (Å²) in [5.74, 6) is -3.53. The molecule has 9 N–H and O–H groups in total. The largest absolute Gasteiger partial charge is 0.505 e. The molecule has 0 aromatic heterocycles. The lowest BCUT2D eigenvalue weighted by atomic mass is 10.1. The second kappa shape index (κ2) is 25.3. The van der Waals surface area contributed by atoms with Gasteiger partial charge in [0.1, 0.15) is 58.0 Å². The zero-order chi connectivity index (χ0) is 56.3. The number of azo groups is 3. The topological polar surface area (TPSA) is 465 Å². The van der Waals surface area contributed by atoms with E-state index in [9.17, 15) is 66.1 Å². The maximum atomic E-state index is 13.3. The number of ether oxygens (including phenoxy) is 2. The van der Waals surface area contributed by atoms with E-state index in [4.69, 9.17) is 20.0 Å². The Hall–Kier alpha value is -8.21. The minimum Gasteiger partial charge on any atom is -0.505 e. The Labute approximate surface area is 444 Å². The quantitative estimate of drug-likeness (QED) is 0.00653. The number of carbonyl (C=O) groups is 2. The van der Waals surface area contributed by atoms with Crippen LogP contribution in [0.5, 0.6) is 17.2 Å². The van der Waals surface area contributed by atoms with E-state index < -0.39 is 88.9 Å². The summed E-state index contributed by atoms with van der Waals surface area (Å²) in [6.45, 7) is -1.76. The molecule has 6 aromatic carbocycles. The minimum atomic E-state index is -5.08. The summed E-state index contributed by atoms with van der Waals surface area (Å²) >= 11 is 0.780. The first-order valence-electron chi connectivity index (χ1n) is 21.1. The fourth-order valence-electron chi connectivity index (χ4n) is 6.75. The van der Waals surface area contributed by atoms with Crippen LogP contribution in [0.4, 0.5) is 51.2 Å². The van der Waals surface area contributed by atoms with E-state index in [1.807, 2.05) is 0 Å². The predicted octanol–water partition coefficient (Wildman–Crippen LogP) is 8.06. The van der Waals surface area contributed by atoms with Crippen molar-refractivity contribution >= 4 is 124 Å². The number of amides is 1. The average molecular weight is 1160 g/mol. The van der Waals surface area contributed by atoms with Crippen molar-refractivity contribution in [2.45, 2.75) is 25.6 Å². The number of aromatic hydroxyl groups is 1. The molecule has 78 heavy (non-hydrogen) atoms. The van der Waals surface area contributed by atoms with Crippen molar-refractivity contribution in [2.75, 3.05) is 36.8 Å². The number of carboxylic acid groups (broad SMARTS) is 1. The van der Waals surface area contributed by atoms with Gasteiger partial charge in [0.2, 0.25) is 6.04 Å². The highest BCUT2D eigenvalue weighted by molar-refractivity contribution is 7.95. The van der Waals surface area contributed by atoms with Gasteiger partial charge in [-0.3, -0.25) is 24.0 Å².